The van der Waals surface area contributed by atoms with Crippen molar-refractivity contribution >= 4 is 17.1 Å². The maximum Gasteiger partial charge on any atom is 0.392 e. The molecule has 1 aromatic carbocycles. The Morgan fingerprint density at radius 1 is 1.57 bits per heavy atom. The molecule has 5 heteroatoms. The minimum atomic E-state index is -1.25. The molecule has 5 nitrogen and oxygen atoms in total. The Kier molecular flexibility index (Phi) is 1.68. The lowest BCUT2D eigenvalue weighted by atomic mass is 10.2. The largest absolute Gasteiger partial charge is 0.474 e. The van der Waals surface area contributed by atoms with Crippen LogP contribution in [0, 0.1) is 11.3 Å². The van der Waals surface area contributed by atoms with Crippen molar-refractivity contribution < 1.29 is 14.3 Å². The number of rotatable bonds is 1. The van der Waals surface area contributed by atoms with E-state index in [1.165, 1.54) is 0 Å². The highest BCUT2D eigenvalue weighted by molar-refractivity contribution is 5.88. The number of benzene rings is 1. The normalized spacial score (nSPS) is 9.93. The van der Waals surface area contributed by atoms with Gasteiger partial charge in [-0.2, -0.15) is 5.26 Å². The van der Waals surface area contributed by atoms with E-state index < -0.39 is 11.9 Å². The van der Waals surface area contributed by atoms with Gasteiger partial charge in [-0.05, 0) is 12.1 Å². The number of nitrogens with zero attached hydrogens (tertiary/aromatic N) is 2. The molecule has 0 fully saturated rings. The van der Waals surface area contributed by atoms with Crippen LogP contribution in [0.5, 0.6) is 0 Å². The molecule has 0 atom stereocenters. The van der Waals surface area contributed by atoms with Crippen molar-refractivity contribution in [2.24, 2.45) is 0 Å². The van der Waals surface area contributed by atoms with Crippen molar-refractivity contribution in [3.05, 3.63) is 29.7 Å². The second-order valence-corrected chi connectivity index (χ2v) is 2.59. The quantitative estimate of drug-likeness (QED) is 0.730. The number of carboxylic acid groups (broad SMARTS) is 1. The molecule has 2 aromatic rings. The number of carbonyl (C=O) groups is 1. The lowest BCUT2D eigenvalue weighted by Gasteiger charge is -1.86. The van der Waals surface area contributed by atoms with Crippen molar-refractivity contribution in [1.82, 2.24) is 4.98 Å². The van der Waals surface area contributed by atoms with Gasteiger partial charge in [0, 0.05) is 0 Å². The second kappa shape index (κ2) is 2.85. The molecule has 0 saturated carbocycles. The van der Waals surface area contributed by atoms with Gasteiger partial charge in [0.1, 0.15) is 11.6 Å². The zero-order valence-corrected chi connectivity index (χ0v) is 6.89. The van der Waals surface area contributed by atoms with Gasteiger partial charge in [-0.25, -0.2) is 9.78 Å². The van der Waals surface area contributed by atoms with Gasteiger partial charge in [0.15, 0.2) is 5.58 Å². The first-order valence-corrected chi connectivity index (χ1v) is 3.75. The summed E-state index contributed by atoms with van der Waals surface area (Å²) in [5.41, 5.74) is 0.872. The molecule has 0 spiro atoms. The molecule has 1 heterocycles. The fourth-order valence-electron chi connectivity index (χ4n) is 1.13. The van der Waals surface area contributed by atoms with Crippen molar-refractivity contribution in [3.63, 3.8) is 0 Å². The summed E-state index contributed by atoms with van der Waals surface area (Å²) in [6, 6.07) is 6.65. The first kappa shape index (κ1) is 8.26. The smallest absolute Gasteiger partial charge is 0.392 e. The van der Waals surface area contributed by atoms with Crippen LogP contribution in [0.4, 0.5) is 0 Å². The van der Waals surface area contributed by atoms with Crippen molar-refractivity contribution in [3.8, 4) is 6.07 Å². The molecular weight excluding hydrogens is 184 g/mol. The molecule has 0 unspecified atom stereocenters. The van der Waals surface area contributed by atoms with Crippen LogP contribution in [0.1, 0.15) is 16.2 Å². The van der Waals surface area contributed by atoms with Crippen LogP contribution < -0.4 is 0 Å². The van der Waals surface area contributed by atoms with Crippen LogP contribution in [0.2, 0.25) is 0 Å². The van der Waals surface area contributed by atoms with E-state index in [2.05, 4.69) is 4.98 Å². The highest BCUT2D eigenvalue weighted by atomic mass is 16.4. The third-order valence-corrected chi connectivity index (χ3v) is 1.72. The fraction of sp³-hybridized carbons (Fsp3) is 0. The zero-order valence-electron chi connectivity index (χ0n) is 6.89. The molecule has 0 aliphatic heterocycles. The Bertz CT molecular complexity index is 551. The van der Waals surface area contributed by atoms with Gasteiger partial charge >= 0.3 is 11.9 Å². The van der Waals surface area contributed by atoms with E-state index in [9.17, 15) is 4.79 Å². The van der Waals surface area contributed by atoms with Crippen molar-refractivity contribution in [2.75, 3.05) is 0 Å². The van der Waals surface area contributed by atoms with E-state index >= 15 is 0 Å². The summed E-state index contributed by atoms with van der Waals surface area (Å²) >= 11 is 0. The average molecular weight is 188 g/mol. The predicted octanol–water partition coefficient (Wildman–Crippen LogP) is 1.40. The maximum atomic E-state index is 10.5. The van der Waals surface area contributed by atoms with Gasteiger partial charge < -0.3 is 9.52 Å². The van der Waals surface area contributed by atoms with Crippen LogP contribution in [0.25, 0.3) is 11.1 Å². The molecule has 2 rings (SSSR count). The number of hydrogen-bond acceptors (Lipinski definition) is 4. The van der Waals surface area contributed by atoms with Crippen molar-refractivity contribution in [2.45, 2.75) is 0 Å². The van der Waals surface area contributed by atoms with Gasteiger partial charge in [0.25, 0.3) is 0 Å². The topological polar surface area (TPSA) is 87.1 Å². The van der Waals surface area contributed by atoms with E-state index in [0.29, 0.717) is 5.52 Å². The van der Waals surface area contributed by atoms with Crippen molar-refractivity contribution in [1.29, 1.82) is 5.26 Å². The molecule has 0 aliphatic rings. The average Bonchev–Trinajstić information content (AvgIpc) is 2.60. The molecule has 14 heavy (non-hydrogen) atoms. The summed E-state index contributed by atoms with van der Waals surface area (Å²) in [4.78, 5) is 14.2. The molecule has 1 N–H and O–H groups in total. The van der Waals surface area contributed by atoms with E-state index in [1.54, 1.807) is 18.2 Å². The molecule has 0 radical (unpaired) electrons. The third-order valence-electron chi connectivity index (χ3n) is 1.72. The van der Waals surface area contributed by atoms with E-state index in [-0.39, 0.29) is 11.1 Å². The standard InChI is InChI=1S/C9H4N2O3/c10-4-5-2-1-3-6-7(5)14-8(11-6)9(12)13/h1-3H,(H,12,13). The van der Waals surface area contributed by atoms with Gasteiger partial charge in [-0.15, -0.1) is 0 Å². The number of aromatic carboxylic acids is 1. The Morgan fingerprint density at radius 3 is 3.00 bits per heavy atom. The summed E-state index contributed by atoms with van der Waals surface area (Å²) in [5, 5.41) is 17.3. The number of para-hydroxylation sites is 1. The van der Waals surface area contributed by atoms with Gasteiger partial charge in [0.05, 0.1) is 5.56 Å². The number of carboxylic acids is 1. The van der Waals surface area contributed by atoms with Crippen LogP contribution in [0.15, 0.2) is 22.6 Å². The van der Waals surface area contributed by atoms with Gasteiger partial charge in [-0.1, -0.05) is 6.07 Å². The Balaban J connectivity index is 2.78. The molecule has 0 aliphatic carbocycles. The molecule has 0 bridgehead atoms. The number of fused-ring (bicyclic) bond motifs is 1. The molecule has 0 saturated heterocycles. The minimum absolute atomic E-state index is 0.215. The van der Waals surface area contributed by atoms with Crippen LogP contribution in [-0.2, 0) is 0 Å². The summed E-state index contributed by atoms with van der Waals surface area (Å²) in [7, 11) is 0. The lowest BCUT2D eigenvalue weighted by Crippen LogP contribution is -1.94. The number of oxazole rings is 1. The summed E-state index contributed by atoms with van der Waals surface area (Å²) in [5.74, 6) is -1.65. The first-order chi connectivity index (χ1) is 6.72. The number of hydrogen-bond donors (Lipinski definition) is 1. The fourth-order valence-corrected chi connectivity index (χ4v) is 1.13. The van der Waals surface area contributed by atoms with Gasteiger partial charge in [0.2, 0.25) is 0 Å². The number of aromatic nitrogens is 1. The molecular formula is C9H4N2O3. The van der Waals surface area contributed by atoms with Gasteiger partial charge in [-0.3, -0.25) is 0 Å². The number of nitriles is 1. The maximum absolute atomic E-state index is 10.5. The molecule has 1 aromatic heterocycles. The highest BCUT2D eigenvalue weighted by Crippen LogP contribution is 2.19. The Labute approximate surface area is 78.2 Å². The van der Waals surface area contributed by atoms with Crippen LogP contribution in [-0.4, -0.2) is 16.1 Å². The summed E-state index contributed by atoms with van der Waals surface area (Å²) < 4.78 is 4.92. The predicted molar refractivity (Wildman–Crippen MR) is 45.7 cm³/mol. The molecule has 0 amide bonds. The summed E-state index contributed by atoms with van der Waals surface area (Å²) in [6.07, 6.45) is 0. The minimum Gasteiger partial charge on any atom is -0.474 e. The lowest BCUT2D eigenvalue weighted by molar-refractivity contribution is 0.0656. The monoisotopic (exact) mass is 188 g/mol. The molecule has 68 valence electrons. The Morgan fingerprint density at radius 2 is 2.36 bits per heavy atom. The van der Waals surface area contributed by atoms with Crippen LogP contribution in [0.3, 0.4) is 0 Å². The second-order valence-electron chi connectivity index (χ2n) is 2.59. The highest BCUT2D eigenvalue weighted by Gasteiger charge is 2.14. The summed E-state index contributed by atoms with van der Waals surface area (Å²) in [6.45, 7) is 0. The van der Waals surface area contributed by atoms with E-state index in [1.807, 2.05) is 6.07 Å². The van der Waals surface area contributed by atoms with Crippen LogP contribution >= 0.6 is 0 Å². The van der Waals surface area contributed by atoms with E-state index in [4.69, 9.17) is 14.8 Å². The third kappa shape index (κ3) is 1.10. The van der Waals surface area contributed by atoms with E-state index in [0.717, 1.165) is 0 Å². The Hall–Kier alpha value is -2.35. The zero-order chi connectivity index (χ0) is 10.1. The first-order valence-electron chi connectivity index (χ1n) is 3.75. The SMILES string of the molecule is N#Cc1cccc2nc(C(=O)O)oc12.